The first-order valence-corrected chi connectivity index (χ1v) is 11.3. The van der Waals surface area contributed by atoms with E-state index < -0.39 is 35.9 Å². The molecule has 2 amide bonds. The van der Waals surface area contributed by atoms with Crippen LogP contribution in [0.25, 0.3) is 0 Å². The van der Waals surface area contributed by atoms with E-state index in [0.717, 1.165) is 5.56 Å². The molecule has 5 nitrogen and oxygen atoms in total. The van der Waals surface area contributed by atoms with Crippen molar-refractivity contribution in [1.82, 2.24) is 9.80 Å². The van der Waals surface area contributed by atoms with Gasteiger partial charge in [-0.1, -0.05) is 60.7 Å². The van der Waals surface area contributed by atoms with Crippen LogP contribution in [0.4, 0.5) is 18.0 Å². The molecule has 0 atom stereocenters. The van der Waals surface area contributed by atoms with Crippen LogP contribution in [0.15, 0.2) is 60.7 Å². The number of rotatable bonds is 5. The Morgan fingerprint density at radius 1 is 0.912 bits per heavy atom. The molecule has 0 radical (unpaired) electrons. The minimum Gasteiger partial charge on any atom is -0.444 e. The normalized spacial score (nSPS) is 16.1. The third-order valence-electron chi connectivity index (χ3n) is 5.95. The SMILES string of the molecule is CC(C)(C)OC(=O)N1CCC(Cc2ccccc2)(C(=O)N(Cc2ccccc2)C(F)(F)F)CC1. The molecule has 0 aromatic heterocycles. The lowest BCUT2D eigenvalue weighted by atomic mass is 9.72. The number of ether oxygens (including phenoxy) is 1. The van der Waals surface area contributed by atoms with Gasteiger partial charge in [0.15, 0.2) is 0 Å². The minimum absolute atomic E-state index is 0.0222. The molecular formula is C26H31F3N2O3. The zero-order valence-corrected chi connectivity index (χ0v) is 19.8. The summed E-state index contributed by atoms with van der Waals surface area (Å²) in [6, 6.07) is 17.2. The Hall–Kier alpha value is -3.03. The van der Waals surface area contributed by atoms with Crippen molar-refractivity contribution < 1.29 is 27.5 Å². The maximum absolute atomic E-state index is 14.1. The molecule has 8 heteroatoms. The van der Waals surface area contributed by atoms with Gasteiger partial charge >= 0.3 is 12.4 Å². The van der Waals surface area contributed by atoms with Crippen LogP contribution in [0.5, 0.6) is 0 Å². The van der Waals surface area contributed by atoms with Gasteiger partial charge in [-0.05, 0) is 51.2 Å². The van der Waals surface area contributed by atoms with Crippen molar-refractivity contribution in [3.8, 4) is 0 Å². The fraction of sp³-hybridized carbons (Fsp3) is 0.462. The molecule has 184 valence electrons. The highest BCUT2D eigenvalue weighted by molar-refractivity contribution is 5.84. The predicted molar refractivity (Wildman–Crippen MR) is 123 cm³/mol. The summed E-state index contributed by atoms with van der Waals surface area (Å²) in [5.74, 6) is -0.962. The molecule has 0 spiro atoms. The zero-order valence-electron chi connectivity index (χ0n) is 19.8. The Kier molecular flexibility index (Phi) is 7.58. The summed E-state index contributed by atoms with van der Waals surface area (Å²) in [6.45, 7) is 4.99. The van der Waals surface area contributed by atoms with E-state index in [4.69, 9.17) is 4.74 Å². The molecule has 0 bridgehead atoms. The van der Waals surface area contributed by atoms with Crippen LogP contribution >= 0.6 is 0 Å². The highest BCUT2D eigenvalue weighted by Crippen LogP contribution is 2.40. The molecule has 2 aromatic rings. The maximum atomic E-state index is 14.1. The van der Waals surface area contributed by atoms with Gasteiger partial charge in [-0.15, -0.1) is 13.2 Å². The molecule has 0 aliphatic carbocycles. The fourth-order valence-corrected chi connectivity index (χ4v) is 4.23. The number of alkyl halides is 3. The average Bonchev–Trinajstić information content (AvgIpc) is 2.77. The lowest BCUT2D eigenvalue weighted by molar-refractivity contribution is -0.250. The summed E-state index contributed by atoms with van der Waals surface area (Å²) >= 11 is 0. The number of piperidine rings is 1. The number of carbonyl (C=O) groups is 2. The van der Waals surface area contributed by atoms with Gasteiger partial charge < -0.3 is 9.64 Å². The number of hydrogen-bond donors (Lipinski definition) is 0. The summed E-state index contributed by atoms with van der Waals surface area (Å²) in [4.78, 5) is 27.7. The molecule has 1 fully saturated rings. The monoisotopic (exact) mass is 476 g/mol. The average molecular weight is 477 g/mol. The third kappa shape index (κ3) is 6.52. The molecule has 34 heavy (non-hydrogen) atoms. The Balaban J connectivity index is 1.89. The Morgan fingerprint density at radius 2 is 1.41 bits per heavy atom. The van der Waals surface area contributed by atoms with Crippen LogP contribution in [0, 0.1) is 5.41 Å². The van der Waals surface area contributed by atoms with Gasteiger partial charge in [-0.3, -0.25) is 4.79 Å². The fourth-order valence-electron chi connectivity index (χ4n) is 4.23. The van der Waals surface area contributed by atoms with Crippen LogP contribution in [-0.4, -0.2) is 46.8 Å². The number of amides is 2. The molecule has 1 saturated heterocycles. The number of hydrogen-bond acceptors (Lipinski definition) is 3. The second kappa shape index (κ2) is 10.1. The molecule has 1 heterocycles. The standard InChI is InChI=1S/C26H31F3N2O3/c1-24(2,3)34-23(33)30-16-14-25(15-17-30,18-20-10-6-4-7-11-20)22(32)31(26(27,28)29)19-21-12-8-5-9-13-21/h4-13H,14-19H2,1-3H3. The van der Waals surface area contributed by atoms with Gasteiger partial charge in [0.2, 0.25) is 5.91 Å². The van der Waals surface area contributed by atoms with E-state index in [0.29, 0.717) is 5.56 Å². The van der Waals surface area contributed by atoms with Crippen molar-refractivity contribution in [3.63, 3.8) is 0 Å². The Bertz CT molecular complexity index is 964. The number of likely N-dealkylation sites (tertiary alicyclic amines) is 1. The summed E-state index contributed by atoms with van der Waals surface area (Å²) < 4.78 is 47.8. The highest BCUT2D eigenvalue weighted by atomic mass is 19.4. The number of nitrogens with zero attached hydrogens (tertiary/aromatic N) is 2. The Labute approximate surface area is 198 Å². The van der Waals surface area contributed by atoms with Crippen LogP contribution in [0.2, 0.25) is 0 Å². The van der Waals surface area contributed by atoms with Crippen LogP contribution < -0.4 is 0 Å². The van der Waals surface area contributed by atoms with Gasteiger partial charge in [0.25, 0.3) is 0 Å². The maximum Gasteiger partial charge on any atom is 0.487 e. The van der Waals surface area contributed by atoms with E-state index in [1.165, 1.54) is 4.90 Å². The van der Waals surface area contributed by atoms with Crippen molar-refractivity contribution in [3.05, 3.63) is 71.8 Å². The Morgan fingerprint density at radius 3 is 1.88 bits per heavy atom. The molecule has 1 aliphatic rings. The smallest absolute Gasteiger partial charge is 0.444 e. The van der Waals surface area contributed by atoms with Crippen molar-refractivity contribution in [2.24, 2.45) is 5.41 Å². The van der Waals surface area contributed by atoms with Crippen LogP contribution in [-0.2, 0) is 22.5 Å². The first-order chi connectivity index (χ1) is 15.9. The van der Waals surface area contributed by atoms with Crippen molar-refractivity contribution in [2.75, 3.05) is 13.1 Å². The topological polar surface area (TPSA) is 49.9 Å². The molecule has 0 N–H and O–H groups in total. The zero-order chi connectivity index (χ0) is 25.0. The minimum atomic E-state index is -4.83. The third-order valence-corrected chi connectivity index (χ3v) is 5.95. The van der Waals surface area contributed by atoms with Gasteiger partial charge in [0.1, 0.15) is 5.60 Å². The summed E-state index contributed by atoms with van der Waals surface area (Å²) in [7, 11) is 0. The lowest BCUT2D eigenvalue weighted by Crippen LogP contribution is -2.55. The first-order valence-electron chi connectivity index (χ1n) is 11.3. The van der Waals surface area contributed by atoms with Crippen LogP contribution in [0.1, 0.15) is 44.7 Å². The van der Waals surface area contributed by atoms with E-state index >= 15 is 0 Å². The van der Waals surface area contributed by atoms with E-state index in [2.05, 4.69) is 0 Å². The van der Waals surface area contributed by atoms with E-state index in [1.807, 2.05) is 18.2 Å². The second-order valence-corrected chi connectivity index (χ2v) is 9.75. The molecule has 3 rings (SSSR count). The summed E-state index contributed by atoms with van der Waals surface area (Å²) in [5, 5.41) is 0. The predicted octanol–water partition coefficient (Wildman–Crippen LogP) is 5.80. The van der Waals surface area contributed by atoms with E-state index in [-0.39, 0.29) is 37.3 Å². The molecular weight excluding hydrogens is 445 g/mol. The number of benzene rings is 2. The first kappa shape index (κ1) is 25.6. The second-order valence-electron chi connectivity index (χ2n) is 9.75. The van der Waals surface area contributed by atoms with Gasteiger partial charge in [-0.25, -0.2) is 9.69 Å². The molecule has 0 unspecified atom stereocenters. The largest absolute Gasteiger partial charge is 0.487 e. The van der Waals surface area contributed by atoms with E-state index in [9.17, 15) is 22.8 Å². The van der Waals surface area contributed by atoms with Crippen LogP contribution in [0.3, 0.4) is 0 Å². The molecule has 0 saturated carbocycles. The number of carbonyl (C=O) groups excluding carboxylic acids is 2. The van der Waals surface area contributed by atoms with Crippen molar-refractivity contribution >= 4 is 12.0 Å². The van der Waals surface area contributed by atoms with E-state index in [1.54, 1.807) is 63.2 Å². The molecule has 1 aliphatic heterocycles. The number of halogens is 3. The van der Waals surface area contributed by atoms with Gasteiger partial charge in [-0.2, -0.15) is 0 Å². The van der Waals surface area contributed by atoms with Gasteiger partial charge in [0.05, 0.1) is 12.0 Å². The molecule has 2 aromatic carbocycles. The van der Waals surface area contributed by atoms with Crippen molar-refractivity contribution in [2.45, 2.75) is 58.5 Å². The summed E-state index contributed by atoms with van der Waals surface area (Å²) in [5.41, 5.74) is -0.795. The van der Waals surface area contributed by atoms with Gasteiger partial charge in [0, 0.05) is 13.1 Å². The highest BCUT2D eigenvalue weighted by Gasteiger charge is 2.51. The van der Waals surface area contributed by atoms with Crippen molar-refractivity contribution in [1.29, 1.82) is 0 Å². The quantitative estimate of drug-likeness (QED) is 0.513. The summed E-state index contributed by atoms with van der Waals surface area (Å²) in [6.07, 6.45) is -4.97. The lowest BCUT2D eigenvalue weighted by Gasteiger charge is -2.43.